The molecule has 1 aromatic rings. The Morgan fingerprint density at radius 2 is 1.69 bits per heavy atom. The zero-order valence-corrected chi connectivity index (χ0v) is 16.5. The maximum Gasteiger partial charge on any atom is 0.411 e. The van der Waals surface area contributed by atoms with Crippen LogP contribution < -0.4 is 0 Å². The van der Waals surface area contributed by atoms with Crippen LogP contribution in [0.4, 0.5) is 4.79 Å². The van der Waals surface area contributed by atoms with Crippen molar-refractivity contribution in [2.24, 2.45) is 0 Å². The number of carbonyl (C=O) groups excluding carboxylic acids is 4. The quantitative estimate of drug-likeness (QED) is 0.508. The summed E-state index contributed by atoms with van der Waals surface area (Å²) in [6.45, 7) is 4.58. The Morgan fingerprint density at radius 1 is 1.08 bits per heavy atom. The summed E-state index contributed by atoms with van der Waals surface area (Å²) >= 11 is 0. The Hall–Kier alpha value is -2.27. The van der Waals surface area contributed by atoms with Gasteiger partial charge in [0.15, 0.2) is 5.52 Å². The van der Waals surface area contributed by atoms with Crippen molar-refractivity contribution in [2.45, 2.75) is 32.9 Å². The molecule has 0 aliphatic carbocycles. The van der Waals surface area contributed by atoms with E-state index in [0.29, 0.717) is 6.29 Å². The van der Waals surface area contributed by atoms with E-state index in [2.05, 4.69) is 0 Å². The molecule has 0 N–H and O–H groups in total. The molecule has 1 unspecified atom stereocenters. The molecule has 7 nitrogen and oxygen atoms in total. The van der Waals surface area contributed by atoms with Crippen molar-refractivity contribution in [3.05, 3.63) is 35.9 Å². The second kappa shape index (κ2) is 10.0. The highest BCUT2D eigenvalue weighted by molar-refractivity contribution is 7.40. The molecule has 1 atom stereocenters. The second-order valence-electron chi connectivity index (χ2n) is 6.73. The third-order valence-electron chi connectivity index (χ3n) is 3.19. The highest BCUT2D eigenvalue weighted by atomic mass is 31.0. The second-order valence-corrected chi connectivity index (χ2v) is 7.37. The van der Waals surface area contributed by atoms with Crippen molar-refractivity contribution in [3.8, 4) is 0 Å². The van der Waals surface area contributed by atoms with Gasteiger partial charge in [-0.15, -0.1) is 0 Å². The predicted octanol–water partition coefficient (Wildman–Crippen LogP) is 1.85. The molecule has 0 heterocycles. The molecule has 0 aliphatic heterocycles. The highest BCUT2D eigenvalue weighted by Crippen LogP contribution is 2.11. The first-order valence-electron chi connectivity index (χ1n) is 8.14. The fourth-order valence-corrected chi connectivity index (χ4v) is 2.33. The van der Waals surface area contributed by atoms with E-state index in [1.54, 1.807) is 20.8 Å². The lowest BCUT2D eigenvalue weighted by Crippen LogP contribution is -2.46. The summed E-state index contributed by atoms with van der Waals surface area (Å²) in [7, 11) is 2.03. The molecule has 1 rings (SSSR count). The van der Waals surface area contributed by atoms with E-state index in [-0.39, 0.29) is 31.7 Å². The largest absolute Gasteiger partial charge is 0.444 e. The van der Waals surface area contributed by atoms with Crippen LogP contribution in [-0.4, -0.2) is 58.8 Å². The van der Waals surface area contributed by atoms with Crippen molar-refractivity contribution >= 4 is 33.1 Å². The molecule has 0 aromatic heterocycles. The van der Waals surface area contributed by atoms with Crippen LogP contribution >= 0.6 is 9.24 Å². The van der Waals surface area contributed by atoms with Crippen LogP contribution in [0.25, 0.3) is 0 Å². The molecule has 0 radical (unpaired) electrons. The fourth-order valence-electron chi connectivity index (χ4n) is 2.11. The van der Waals surface area contributed by atoms with E-state index < -0.39 is 17.6 Å². The molecular weight excluding hydrogens is 355 g/mol. The van der Waals surface area contributed by atoms with Gasteiger partial charge in [0, 0.05) is 6.54 Å². The predicted molar refractivity (Wildman–Crippen MR) is 100 cm³/mol. The third kappa shape index (κ3) is 8.21. The van der Waals surface area contributed by atoms with Gasteiger partial charge < -0.3 is 14.4 Å². The average molecular weight is 380 g/mol. The number of aldehydes is 1. The third-order valence-corrected chi connectivity index (χ3v) is 3.37. The first-order chi connectivity index (χ1) is 12.1. The standard InChI is InChI=1S/C18H25N2O5P/c1-18(2,3)25-17(24)19(9-10-21)12-15(22)20(13-16(23)26)11-14-7-5-4-6-8-14/h4-8,10H,9,11-13,26H2,1-3H3. The maximum atomic E-state index is 12.6. The minimum Gasteiger partial charge on any atom is -0.444 e. The molecule has 2 amide bonds. The van der Waals surface area contributed by atoms with Gasteiger partial charge >= 0.3 is 6.09 Å². The van der Waals surface area contributed by atoms with E-state index >= 15 is 0 Å². The fraction of sp³-hybridized carbons (Fsp3) is 0.444. The van der Waals surface area contributed by atoms with E-state index in [0.717, 1.165) is 10.5 Å². The first kappa shape index (κ1) is 21.8. The van der Waals surface area contributed by atoms with Gasteiger partial charge in [-0.1, -0.05) is 39.6 Å². The molecule has 142 valence electrons. The summed E-state index contributed by atoms with van der Waals surface area (Å²) in [5.41, 5.74) is -0.152. The first-order valence-corrected chi connectivity index (χ1v) is 8.71. The van der Waals surface area contributed by atoms with Crippen LogP contribution in [0, 0.1) is 0 Å². The van der Waals surface area contributed by atoms with E-state index in [1.165, 1.54) is 4.90 Å². The van der Waals surface area contributed by atoms with Crippen molar-refractivity contribution in [2.75, 3.05) is 19.6 Å². The van der Waals surface area contributed by atoms with E-state index in [9.17, 15) is 19.2 Å². The summed E-state index contributed by atoms with van der Waals surface area (Å²) in [5, 5.41) is 0. The number of amides is 2. The van der Waals surface area contributed by atoms with Crippen LogP contribution in [-0.2, 0) is 25.7 Å². The Bertz CT molecular complexity index is 643. The normalized spacial score (nSPS) is 10.8. The smallest absolute Gasteiger partial charge is 0.411 e. The zero-order chi connectivity index (χ0) is 19.7. The topological polar surface area (TPSA) is 84.0 Å². The number of hydrogen-bond donors (Lipinski definition) is 0. The Balaban J connectivity index is 2.88. The summed E-state index contributed by atoms with van der Waals surface area (Å²) in [6.07, 6.45) is -0.227. The average Bonchev–Trinajstić information content (AvgIpc) is 2.52. The lowest BCUT2D eigenvalue weighted by atomic mass is 10.2. The molecule has 0 bridgehead atoms. The highest BCUT2D eigenvalue weighted by Gasteiger charge is 2.26. The summed E-state index contributed by atoms with van der Waals surface area (Å²) in [4.78, 5) is 49.6. The summed E-state index contributed by atoms with van der Waals surface area (Å²) in [6, 6.07) is 9.19. The monoisotopic (exact) mass is 380 g/mol. The van der Waals surface area contributed by atoms with E-state index in [1.807, 2.05) is 39.6 Å². The molecule has 8 heteroatoms. The van der Waals surface area contributed by atoms with Gasteiger partial charge in [0.25, 0.3) is 0 Å². The van der Waals surface area contributed by atoms with Gasteiger partial charge in [-0.3, -0.25) is 14.5 Å². The van der Waals surface area contributed by atoms with Crippen molar-refractivity contribution in [1.29, 1.82) is 0 Å². The number of benzene rings is 1. The van der Waals surface area contributed by atoms with Gasteiger partial charge in [0.05, 0.1) is 13.1 Å². The number of ether oxygens (including phenoxy) is 1. The Labute approximate surface area is 155 Å². The molecule has 0 fully saturated rings. The SMILES string of the molecule is CC(C)(C)OC(=O)N(CC=O)CC(=O)N(CC(=O)P)Cc1ccccc1. The molecule has 1 aromatic carbocycles. The molecule has 0 saturated heterocycles. The van der Waals surface area contributed by atoms with Crippen LogP contribution in [0.1, 0.15) is 26.3 Å². The van der Waals surface area contributed by atoms with E-state index in [4.69, 9.17) is 4.74 Å². The number of nitrogens with zero attached hydrogens (tertiary/aromatic N) is 2. The molecule has 0 spiro atoms. The Kier molecular flexibility index (Phi) is 8.39. The minimum absolute atomic E-state index is 0.109. The molecule has 26 heavy (non-hydrogen) atoms. The van der Waals surface area contributed by atoms with Gasteiger partial charge in [-0.2, -0.15) is 0 Å². The van der Waals surface area contributed by atoms with Gasteiger partial charge in [-0.05, 0) is 26.3 Å². The minimum atomic E-state index is -0.755. The van der Waals surface area contributed by atoms with Crippen molar-refractivity contribution < 1.29 is 23.9 Å². The summed E-state index contributed by atoms with van der Waals surface area (Å²) < 4.78 is 5.22. The van der Waals surface area contributed by atoms with Gasteiger partial charge in [0.1, 0.15) is 18.4 Å². The number of rotatable bonds is 8. The van der Waals surface area contributed by atoms with Gasteiger partial charge in [0.2, 0.25) is 5.91 Å². The summed E-state index contributed by atoms with van der Waals surface area (Å²) in [5.74, 6) is -0.447. The van der Waals surface area contributed by atoms with Crippen LogP contribution in [0.5, 0.6) is 0 Å². The lowest BCUT2D eigenvalue weighted by molar-refractivity contribution is -0.135. The van der Waals surface area contributed by atoms with Crippen molar-refractivity contribution in [1.82, 2.24) is 9.80 Å². The molecular formula is C18H25N2O5P. The maximum absolute atomic E-state index is 12.6. The number of carbonyl (C=O) groups is 4. The van der Waals surface area contributed by atoms with Crippen LogP contribution in [0.2, 0.25) is 0 Å². The van der Waals surface area contributed by atoms with Gasteiger partial charge in [-0.25, -0.2) is 4.79 Å². The molecule has 0 saturated carbocycles. The molecule has 0 aliphatic rings. The van der Waals surface area contributed by atoms with Crippen LogP contribution in [0.15, 0.2) is 30.3 Å². The number of hydrogen-bond acceptors (Lipinski definition) is 5. The Morgan fingerprint density at radius 3 is 2.19 bits per heavy atom. The lowest BCUT2D eigenvalue weighted by Gasteiger charge is -2.28. The zero-order valence-electron chi connectivity index (χ0n) is 15.3. The van der Waals surface area contributed by atoms with Crippen molar-refractivity contribution in [3.63, 3.8) is 0 Å². The van der Waals surface area contributed by atoms with Crippen LogP contribution in [0.3, 0.4) is 0 Å².